The lowest BCUT2D eigenvalue weighted by molar-refractivity contribution is 0.0695. The van der Waals surface area contributed by atoms with Crippen LogP contribution in [-0.4, -0.2) is 18.2 Å². The predicted molar refractivity (Wildman–Crippen MR) is 75.4 cm³/mol. The second-order valence-corrected chi connectivity index (χ2v) is 4.36. The monoisotopic (exact) mass is 286 g/mol. The van der Waals surface area contributed by atoms with Crippen LogP contribution in [-0.2, 0) is 6.54 Å². The number of furan rings is 1. The molecule has 21 heavy (non-hydrogen) atoms. The van der Waals surface area contributed by atoms with Gasteiger partial charge in [0.2, 0.25) is 0 Å². The Kier molecular flexibility index (Phi) is 4.14. The number of carboxylic acids is 1. The summed E-state index contributed by atoms with van der Waals surface area (Å²) in [5.41, 5.74) is 1.21. The molecule has 0 saturated heterocycles. The fraction of sp³-hybridized carbons (Fsp3) is 0.200. The van der Waals surface area contributed by atoms with Crippen LogP contribution in [0.5, 0.6) is 5.75 Å². The van der Waals surface area contributed by atoms with Crippen molar-refractivity contribution in [1.82, 2.24) is 0 Å². The van der Waals surface area contributed by atoms with Gasteiger partial charge in [0.25, 0.3) is 0 Å². The second-order valence-electron chi connectivity index (χ2n) is 4.36. The molecule has 0 unspecified atom stereocenters. The lowest BCUT2D eigenvalue weighted by Gasteiger charge is -2.08. The fourth-order valence-corrected chi connectivity index (χ4v) is 1.92. The first-order chi connectivity index (χ1) is 10.0. The minimum Gasteiger partial charge on any atom is -0.497 e. The van der Waals surface area contributed by atoms with E-state index in [1.54, 1.807) is 32.2 Å². The van der Waals surface area contributed by atoms with Crippen LogP contribution in [0.25, 0.3) is 0 Å². The second kappa shape index (κ2) is 6.01. The maximum atomic E-state index is 11.0. The molecule has 0 spiro atoms. The normalized spacial score (nSPS) is 9.95. The zero-order valence-electron chi connectivity index (χ0n) is 11.6. The highest BCUT2D eigenvalue weighted by Gasteiger charge is 2.14. The predicted octanol–water partition coefficient (Wildman–Crippen LogP) is 2.78. The first-order valence-electron chi connectivity index (χ1n) is 6.19. The minimum absolute atomic E-state index is 0.137. The number of carbonyl (C=O) groups is 1. The highest BCUT2D eigenvalue weighted by molar-refractivity contribution is 5.88. The van der Waals surface area contributed by atoms with Gasteiger partial charge in [-0.2, -0.15) is 5.26 Å². The van der Waals surface area contributed by atoms with Gasteiger partial charge in [0, 0.05) is 6.07 Å². The van der Waals surface area contributed by atoms with Gasteiger partial charge in [0.05, 0.1) is 24.9 Å². The number of aromatic carboxylic acids is 1. The van der Waals surface area contributed by atoms with Crippen molar-refractivity contribution in [2.45, 2.75) is 13.5 Å². The molecular weight excluding hydrogens is 272 g/mol. The van der Waals surface area contributed by atoms with Crippen molar-refractivity contribution < 1.29 is 19.1 Å². The van der Waals surface area contributed by atoms with Crippen LogP contribution in [0.3, 0.4) is 0 Å². The molecule has 2 aromatic rings. The SMILES string of the molecule is COc1ccc(C#N)c(NCc2cc(C(=O)O)c(C)o2)c1. The molecule has 0 radical (unpaired) electrons. The number of anilines is 1. The molecule has 2 N–H and O–H groups in total. The van der Waals surface area contributed by atoms with Gasteiger partial charge in [-0.1, -0.05) is 0 Å². The van der Waals surface area contributed by atoms with E-state index in [-0.39, 0.29) is 12.1 Å². The van der Waals surface area contributed by atoms with E-state index in [1.807, 2.05) is 0 Å². The summed E-state index contributed by atoms with van der Waals surface area (Å²) >= 11 is 0. The Morgan fingerprint density at radius 3 is 2.81 bits per heavy atom. The standard InChI is InChI=1S/C15H14N2O4/c1-9-13(15(18)19)5-12(21-9)8-17-14-6-11(20-2)4-3-10(14)7-16/h3-6,17H,8H2,1-2H3,(H,18,19). The fourth-order valence-electron chi connectivity index (χ4n) is 1.92. The number of aryl methyl sites for hydroxylation is 1. The molecular formula is C15H14N2O4. The summed E-state index contributed by atoms with van der Waals surface area (Å²) < 4.78 is 10.5. The largest absolute Gasteiger partial charge is 0.497 e. The van der Waals surface area contributed by atoms with Crippen molar-refractivity contribution in [3.8, 4) is 11.8 Å². The Labute approximate surface area is 121 Å². The van der Waals surface area contributed by atoms with Gasteiger partial charge in [-0.3, -0.25) is 0 Å². The Bertz CT molecular complexity index is 713. The van der Waals surface area contributed by atoms with Crippen LogP contribution >= 0.6 is 0 Å². The molecule has 0 amide bonds. The Hall–Kier alpha value is -2.94. The summed E-state index contributed by atoms with van der Waals surface area (Å²) in [6, 6.07) is 8.59. The molecule has 1 aromatic heterocycles. The summed E-state index contributed by atoms with van der Waals surface area (Å²) in [5.74, 6) is 0.432. The number of nitrogens with zero attached hydrogens (tertiary/aromatic N) is 1. The molecule has 0 atom stereocenters. The molecule has 0 saturated carbocycles. The number of methoxy groups -OCH3 is 1. The van der Waals surface area contributed by atoms with E-state index in [1.165, 1.54) is 6.07 Å². The summed E-state index contributed by atoms with van der Waals surface area (Å²) in [4.78, 5) is 11.0. The van der Waals surface area contributed by atoms with E-state index in [0.717, 1.165) is 0 Å². The van der Waals surface area contributed by atoms with Gasteiger partial charge >= 0.3 is 5.97 Å². The number of hydrogen-bond donors (Lipinski definition) is 2. The molecule has 0 aliphatic carbocycles. The third kappa shape index (κ3) is 3.15. The molecule has 6 nitrogen and oxygen atoms in total. The number of ether oxygens (including phenoxy) is 1. The van der Waals surface area contributed by atoms with E-state index < -0.39 is 5.97 Å². The molecule has 0 fully saturated rings. The number of carboxylic acid groups (broad SMARTS) is 1. The molecule has 0 aliphatic heterocycles. The van der Waals surface area contributed by atoms with E-state index in [2.05, 4.69) is 11.4 Å². The van der Waals surface area contributed by atoms with Crippen molar-refractivity contribution in [2.75, 3.05) is 12.4 Å². The highest BCUT2D eigenvalue weighted by atomic mass is 16.5. The highest BCUT2D eigenvalue weighted by Crippen LogP contribution is 2.23. The van der Waals surface area contributed by atoms with Crippen LogP contribution in [0.4, 0.5) is 5.69 Å². The van der Waals surface area contributed by atoms with E-state index in [0.29, 0.717) is 28.5 Å². The van der Waals surface area contributed by atoms with Crippen molar-refractivity contribution in [3.63, 3.8) is 0 Å². The maximum absolute atomic E-state index is 11.0. The maximum Gasteiger partial charge on any atom is 0.339 e. The van der Waals surface area contributed by atoms with Gasteiger partial charge in [-0.05, 0) is 25.1 Å². The third-order valence-electron chi connectivity index (χ3n) is 3.00. The average molecular weight is 286 g/mol. The van der Waals surface area contributed by atoms with Crippen molar-refractivity contribution >= 4 is 11.7 Å². The smallest absolute Gasteiger partial charge is 0.339 e. The number of nitrogens with one attached hydrogen (secondary N) is 1. The van der Waals surface area contributed by atoms with Gasteiger partial charge in [0.1, 0.15) is 28.9 Å². The lowest BCUT2D eigenvalue weighted by Crippen LogP contribution is -2.01. The molecule has 6 heteroatoms. The Morgan fingerprint density at radius 1 is 1.48 bits per heavy atom. The van der Waals surface area contributed by atoms with Crippen LogP contribution in [0.1, 0.15) is 27.4 Å². The van der Waals surface area contributed by atoms with Crippen LogP contribution < -0.4 is 10.1 Å². The first-order valence-corrected chi connectivity index (χ1v) is 6.19. The zero-order valence-corrected chi connectivity index (χ0v) is 11.6. The number of hydrogen-bond acceptors (Lipinski definition) is 5. The minimum atomic E-state index is -1.03. The summed E-state index contributed by atoms with van der Waals surface area (Å²) in [6.45, 7) is 1.87. The van der Waals surface area contributed by atoms with Gasteiger partial charge in [-0.25, -0.2) is 4.79 Å². The van der Waals surface area contributed by atoms with E-state index >= 15 is 0 Å². The van der Waals surface area contributed by atoms with Crippen molar-refractivity contribution in [1.29, 1.82) is 5.26 Å². The number of rotatable bonds is 5. The summed E-state index contributed by atoms with van der Waals surface area (Å²) in [6.07, 6.45) is 0. The van der Waals surface area contributed by atoms with Crippen LogP contribution in [0.15, 0.2) is 28.7 Å². The quantitative estimate of drug-likeness (QED) is 0.877. The van der Waals surface area contributed by atoms with E-state index in [4.69, 9.17) is 19.5 Å². The molecule has 108 valence electrons. The zero-order chi connectivity index (χ0) is 15.4. The Balaban J connectivity index is 2.18. The number of nitriles is 1. The topological polar surface area (TPSA) is 95.5 Å². The van der Waals surface area contributed by atoms with Crippen LogP contribution in [0, 0.1) is 18.3 Å². The van der Waals surface area contributed by atoms with Gasteiger partial charge in [0.15, 0.2) is 0 Å². The summed E-state index contributed by atoms with van der Waals surface area (Å²) in [7, 11) is 1.54. The summed E-state index contributed by atoms with van der Waals surface area (Å²) in [5, 5.41) is 21.1. The van der Waals surface area contributed by atoms with Crippen LogP contribution in [0.2, 0.25) is 0 Å². The first kappa shape index (κ1) is 14.5. The Morgan fingerprint density at radius 2 is 2.24 bits per heavy atom. The van der Waals surface area contributed by atoms with Gasteiger partial charge < -0.3 is 19.6 Å². The van der Waals surface area contributed by atoms with Crippen molar-refractivity contribution in [3.05, 3.63) is 46.9 Å². The average Bonchev–Trinajstić information content (AvgIpc) is 2.86. The molecule has 2 rings (SSSR count). The molecule has 1 heterocycles. The molecule has 0 aliphatic rings. The number of benzene rings is 1. The molecule has 0 bridgehead atoms. The lowest BCUT2D eigenvalue weighted by atomic mass is 10.2. The molecule has 1 aromatic carbocycles. The van der Waals surface area contributed by atoms with Crippen molar-refractivity contribution in [2.24, 2.45) is 0 Å². The van der Waals surface area contributed by atoms with E-state index in [9.17, 15) is 4.79 Å². The van der Waals surface area contributed by atoms with Gasteiger partial charge in [-0.15, -0.1) is 0 Å². The third-order valence-corrected chi connectivity index (χ3v) is 3.00.